The lowest BCUT2D eigenvalue weighted by molar-refractivity contribution is -0.129. The highest BCUT2D eigenvalue weighted by Gasteiger charge is 2.15. The Labute approximate surface area is 228 Å². The minimum Gasteiger partial charge on any atom is -0.495 e. The molecule has 3 aromatic rings. The summed E-state index contributed by atoms with van der Waals surface area (Å²) in [6.45, 7) is 2.48. The molecule has 10 nitrogen and oxygen atoms in total. The van der Waals surface area contributed by atoms with Gasteiger partial charge >= 0.3 is 12.0 Å². The summed E-state index contributed by atoms with van der Waals surface area (Å²) >= 11 is 0. The van der Waals surface area contributed by atoms with Gasteiger partial charge in [-0.25, -0.2) is 9.59 Å². The van der Waals surface area contributed by atoms with E-state index in [0.717, 1.165) is 11.1 Å². The third-order valence-electron chi connectivity index (χ3n) is 6.06. The maximum absolute atomic E-state index is 12.8. The fourth-order valence-electron chi connectivity index (χ4n) is 3.79. The summed E-state index contributed by atoms with van der Waals surface area (Å²) < 4.78 is 11.3. The standard InChI is InChI=1S/C29H34N4O6/c1-19-8-6-7-9-22(19)30-29(37)31-23-12-10-20(16-26(23)38-5)17-27(34)33(4)14-15-39-25-13-11-21(28(35)36)18-24(25)32(2)3/h6-13,16,18H,14-15,17H2,1-5H3,(H,35,36)(H2,30,31,37). The molecule has 0 aromatic heterocycles. The summed E-state index contributed by atoms with van der Waals surface area (Å²) in [4.78, 5) is 39.9. The van der Waals surface area contributed by atoms with Gasteiger partial charge in [-0.2, -0.15) is 0 Å². The van der Waals surface area contributed by atoms with Crippen LogP contribution in [0.5, 0.6) is 11.5 Å². The lowest BCUT2D eigenvalue weighted by Crippen LogP contribution is -2.32. The number of rotatable bonds is 11. The van der Waals surface area contributed by atoms with Crippen LogP contribution in [-0.4, -0.2) is 69.3 Å². The second kappa shape index (κ2) is 13.2. The molecule has 0 saturated heterocycles. The molecule has 3 rings (SSSR count). The van der Waals surface area contributed by atoms with E-state index in [1.807, 2.05) is 31.2 Å². The number of urea groups is 1. The molecule has 39 heavy (non-hydrogen) atoms. The zero-order chi connectivity index (χ0) is 28.5. The number of likely N-dealkylation sites (N-methyl/N-ethyl adjacent to an activating group) is 1. The van der Waals surface area contributed by atoms with Crippen LogP contribution in [-0.2, 0) is 11.2 Å². The van der Waals surface area contributed by atoms with Crippen molar-refractivity contribution < 1.29 is 29.0 Å². The number of carboxylic acid groups (broad SMARTS) is 1. The fourth-order valence-corrected chi connectivity index (χ4v) is 3.79. The summed E-state index contributed by atoms with van der Waals surface area (Å²) in [5.41, 5.74) is 3.66. The summed E-state index contributed by atoms with van der Waals surface area (Å²) in [6.07, 6.45) is 0.138. The highest BCUT2D eigenvalue weighted by molar-refractivity contribution is 6.01. The molecule has 0 unspecified atom stereocenters. The van der Waals surface area contributed by atoms with E-state index in [9.17, 15) is 19.5 Å². The molecular formula is C29H34N4O6. The zero-order valence-corrected chi connectivity index (χ0v) is 22.8. The molecule has 0 aliphatic rings. The number of amides is 3. The van der Waals surface area contributed by atoms with Crippen LogP contribution in [0.1, 0.15) is 21.5 Å². The summed E-state index contributed by atoms with van der Waals surface area (Å²) in [6, 6.07) is 16.9. The molecule has 3 aromatic carbocycles. The number of methoxy groups -OCH3 is 1. The third kappa shape index (κ3) is 7.88. The Balaban J connectivity index is 1.56. The van der Waals surface area contributed by atoms with Crippen molar-refractivity contribution in [2.24, 2.45) is 0 Å². The van der Waals surface area contributed by atoms with Crippen molar-refractivity contribution in [3.05, 3.63) is 77.4 Å². The quantitative estimate of drug-likeness (QED) is 0.331. The number of hydrogen-bond acceptors (Lipinski definition) is 6. The second-order valence-corrected chi connectivity index (χ2v) is 9.15. The van der Waals surface area contributed by atoms with Gasteiger partial charge in [-0.05, 0) is 54.4 Å². The summed E-state index contributed by atoms with van der Waals surface area (Å²) in [7, 11) is 6.79. The predicted octanol–water partition coefficient (Wildman–Crippen LogP) is 4.49. The Kier molecular flexibility index (Phi) is 9.75. The van der Waals surface area contributed by atoms with Crippen LogP contribution in [0.3, 0.4) is 0 Å². The van der Waals surface area contributed by atoms with E-state index >= 15 is 0 Å². The number of carbonyl (C=O) groups excluding carboxylic acids is 2. The van der Waals surface area contributed by atoms with Crippen molar-refractivity contribution in [2.75, 3.05) is 56.9 Å². The zero-order valence-electron chi connectivity index (χ0n) is 22.8. The number of nitrogens with zero attached hydrogens (tertiary/aromatic N) is 2. The number of benzene rings is 3. The van der Waals surface area contributed by atoms with Crippen molar-refractivity contribution in [1.82, 2.24) is 4.90 Å². The van der Waals surface area contributed by atoms with Gasteiger partial charge < -0.3 is 35.0 Å². The lowest BCUT2D eigenvalue weighted by Gasteiger charge is -2.21. The molecule has 0 spiro atoms. The molecule has 0 saturated carbocycles. The third-order valence-corrected chi connectivity index (χ3v) is 6.06. The van der Waals surface area contributed by atoms with Crippen molar-refractivity contribution in [3.63, 3.8) is 0 Å². The fraction of sp³-hybridized carbons (Fsp3) is 0.276. The van der Waals surface area contributed by atoms with Gasteiger partial charge in [0.15, 0.2) is 0 Å². The van der Waals surface area contributed by atoms with Gasteiger partial charge in [0, 0.05) is 26.8 Å². The molecule has 0 radical (unpaired) electrons. The molecule has 0 fully saturated rings. The number of carboxylic acids is 1. The van der Waals surface area contributed by atoms with E-state index in [2.05, 4.69) is 10.6 Å². The highest BCUT2D eigenvalue weighted by atomic mass is 16.5. The van der Waals surface area contributed by atoms with Crippen molar-refractivity contribution >= 4 is 35.0 Å². The Bertz CT molecular complexity index is 1340. The van der Waals surface area contributed by atoms with Crippen molar-refractivity contribution in [3.8, 4) is 11.5 Å². The Morgan fingerprint density at radius 2 is 1.62 bits per heavy atom. The molecular weight excluding hydrogens is 500 g/mol. The number of anilines is 3. The van der Waals surface area contributed by atoms with Crippen LogP contribution in [0.2, 0.25) is 0 Å². The van der Waals surface area contributed by atoms with Crippen LogP contribution >= 0.6 is 0 Å². The average Bonchev–Trinajstić information content (AvgIpc) is 2.90. The van der Waals surface area contributed by atoms with Gasteiger partial charge in [-0.3, -0.25) is 4.79 Å². The molecule has 10 heteroatoms. The topological polar surface area (TPSA) is 120 Å². The van der Waals surface area contributed by atoms with Crippen molar-refractivity contribution in [2.45, 2.75) is 13.3 Å². The largest absolute Gasteiger partial charge is 0.495 e. The van der Waals surface area contributed by atoms with E-state index in [1.54, 1.807) is 61.3 Å². The molecule has 206 valence electrons. The molecule has 3 N–H and O–H groups in total. The van der Waals surface area contributed by atoms with E-state index in [0.29, 0.717) is 35.1 Å². The average molecular weight is 535 g/mol. The van der Waals surface area contributed by atoms with E-state index in [4.69, 9.17) is 9.47 Å². The number of ether oxygens (including phenoxy) is 2. The van der Waals surface area contributed by atoms with Gasteiger partial charge in [0.2, 0.25) is 5.91 Å². The lowest BCUT2D eigenvalue weighted by atomic mass is 10.1. The minimum absolute atomic E-state index is 0.118. The van der Waals surface area contributed by atoms with Gasteiger partial charge in [-0.1, -0.05) is 24.3 Å². The van der Waals surface area contributed by atoms with Crippen molar-refractivity contribution in [1.29, 1.82) is 0 Å². The molecule has 0 aliphatic heterocycles. The Hall–Kier alpha value is -4.73. The highest BCUT2D eigenvalue weighted by Crippen LogP contribution is 2.29. The first-order chi connectivity index (χ1) is 18.6. The summed E-state index contributed by atoms with van der Waals surface area (Å²) in [5.74, 6) is -0.161. The van der Waals surface area contributed by atoms with Gasteiger partial charge in [0.05, 0.1) is 37.0 Å². The summed E-state index contributed by atoms with van der Waals surface area (Å²) in [5, 5.41) is 14.8. The number of carbonyl (C=O) groups is 3. The van der Waals surface area contributed by atoms with Gasteiger partial charge in [0.1, 0.15) is 18.1 Å². The SMILES string of the molecule is COc1cc(CC(=O)N(C)CCOc2ccc(C(=O)O)cc2N(C)C)ccc1NC(=O)Nc1ccccc1C. The van der Waals surface area contributed by atoms with Crippen LogP contribution in [0, 0.1) is 6.92 Å². The molecule has 0 atom stereocenters. The minimum atomic E-state index is -1.01. The number of aryl methyl sites for hydroxylation is 1. The van der Waals surface area contributed by atoms with E-state index in [1.165, 1.54) is 13.2 Å². The number of para-hydroxylation sites is 1. The smallest absolute Gasteiger partial charge is 0.335 e. The predicted molar refractivity (Wildman–Crippen MR) is 151 cm³/mol. The normalized spacial score (nSPS) is 10.4. The van der Waals surface area contributed by atoms with E-state index < -0.39 is 12.0 Å². The monoisotopic (exact) mass is 534 g/mol. The van der Waals surface area contributed by atoms with Crippen LogP contribution in [0.4, 0.5) is 21.9 Å². The first kappa shape index (κ1) is 28.8. The molecule has 3 amide bonds. The van der Waals surface area contributed by atoms with Crippen LogP contribution in [0.15, 0.2) is 60.7 Å². The Morgan fingerprint density at radius 1 is 0.897 bits per heavy atom. The maximum Gasteiger partial charge on any atom is 0.335 e. The second-order valence-electron chi connectivity index (χ2n) is 9.15. The number of nitrogens with one attached hydrogen (secondary N) is 2. The first-order valence-corrected chi connectivity index (χ1v) is 12.3. The first-order valence-electron chi connectivity index (χ1n) is 12.3. The Morgan fingerprint density at radius 3 is 2.28 bits per heavy atom. The number of hydrogen-bond donors (Lipinski definition) is 3. The molecule has 0 bridgehead atoms. The molecule has 0 aliphatic carbocycles. The van der Waals surface area contributed by atoms with Gasteiger partial charge in [0.25, 0.3) is 0 Å². The van der Waals surface area contributed by atoms with E-state index in [-0.39, 0.29) is 24.5 Å². The number of aromatic carboxylic acids is 1. The van der Waals surface area contributed by atoms with Crippen LogP contribution < -0.4 is 25.0 Å². The van der Waals surface area contributed by atoms with Gasteiger partial charge in [-0.15, -0.1) is 0 Å². The van der Waals surface area contributed by atoms with Crippen LogP contribution in [0.25, 0.3) is 0 Å². The maximum atomic E-state index is 12.8. The molecule has 0 heterocycles.